The molecule has 0 amide bonds. The van der Waals surface area contributed by atoms with E-state index in [1.807, 2.05) is 0 Å². The fourth-order valence-electron chi connectivity index (χ4n) is 1.35. The van der Waals surface area contributed by atoms with Gasteiger partial charge in [-0.2, -0.15) is 0 Å². The van der Waals surface area contributed by atoms with Gasteiger partial charge in [0, 0.05) is 11.1 Å². The molecule has 7 heteroatoms. The normalized spacial score (nSPS) is 12.9. The number of carbonyl (C=O) groups is 2. The molecule has 0 aliphatic rings. The minimum absolute atomic E-state index is 0.119. The Kier molecular flexibility index (Phi) is 4.34. The lowest BCUT2D eigenvalue weighted by molar-refractivity contribution is -0.274. The third kappa shape index (κ3) is 3.46. The average molecular weight is 281 g/mol. The van der Waals surface area contributed by atoms with Crippen molar-refractivity contribution in [1.29, 1.82) is 0 Å². The van der Waals surface area contributed by atoms with Gasteiger partial charge in [0.1, 0.15) is 11.1 Å². The number of halogens is 4. The molecule has 0 aliphatic carbocycles. The smallest absolute Gasteiger partial charge is 0.405 e. The van der Waals surface area contributed by atoms with Crippen LogP contribution in [0.5, 0.6) is 5.75 Å². The van der Waals surface area contributed by atoms with Crippen LogP contribution >= 0.6 is 11.6 Å². The number of aldehydes is 1. The third-order valence-corrected chi connectivity index (χ3v) is 2.59. The minimum Gasteiger partial charge on any atom is -0.405 e. The molecule has 0 saturated carbocycles. The van der Waals surface area contributed by atoms with E-state index in [0.717, 1.165) is 13.0 Å². The minimum atomic E-state index is -4.93. The molecule has 0 aliphatic heterocycles. The Morgan fingerprint density at radius 2 is 2.06 bits per heavy atom. The number of benzene rings is 1. The van der Waals surface area contributed by atoms with Crippen LogP contribution in [0.2, 0.25) is 0 Å². The summed E-state index contributed by atoms with van der Waals surface area (Å²) in [5, 5.41) is -1.37. The summed E-state index contributed by atoms with van der Waals surface area (Å²) in [4.78, 5) is 21.9. The summed E-state index contributed by atoms with van der Waals surface area (Å²) in [5.41, 5.74) is -0.397. The Morgan fingerprint density at radius 1 is 1.44 bits per heavy atom. The number of hydrogen-bond acceptors (Lipinski definition) is 3. The second-order valence-corrected chi connectivity index (χ2v) is 3.83. The molecule has 0 fully saturated rings. The summed E-state index contributed by atoms with van der Waals surface area (Å²) >= 11 is 5.70. The molecule has 0 spiro atoms. The van der Waals surface area contributed by atoms with Gasteiger partial charge in [0.05, 0.1) is 0 Å². The summed E-state index contributed by atoms with van der Waals surface area (Å²) in [6.45, 7) is 1.11. The Labute approximate surface area is 105 Å². The molecule has 1 rings (SSSR count). The zero-order valence-corrected chi connectivity index (χ0v) is 9.88. The fourth-order valence-corrected chi connectivity index (χ4v) is 1.59. The maximum absolute atomic E-state index is 12.2. The summed E-state index contributed by atoms with van der Waals surface area (Å²) < 4.78 is 40.3. The summed E-state index contributed by atoms with van der Waals surface area (Å²) in [6, 6.07) is 3.45. The summed E-state index contributed by atoms with van der Waals surface area (Å²) in [7, 11) is 0. The van der Waals surface area contributed by atoms with E-state index in [9.17, 15) is 22.8 Å². The quantitative estimate of drug-likeness (QED) is 0.628. The van der Waals surface area contributed by atoms with E-state index in [1.54, 1.807) is 0 Å². The van der Waals surface area contributed by atoms with Gasteiger partial charge >= 0.3 is 6.36 Å². The Hall–Kier alpha value is -1.56. The zero-order valence-electron chi connectivity index (χ0n) is 9.12. The number of ether oxygens (including phenoxy) is 1. The predicted molar refractivity (Wildman–Crippen MR) is 57.8 cm³/mol. The van der Waals surface area contributed by atoms with Gasteiger partial charge in [-0.1, -0.05) is 12.1 Å². The molecule has 1 aromatic carbocycles. The van der Waals surface area contributed by atoms with Crippen molar-refractivity contribution >= 4 is 23.7 Å². The molecule has 0 bridgehead atoms. The maximum atomic E-state index is 12.2. The Morgan fingerprint density at radius 3 is 2.50 bits per heavy atom. The van der Waals surface area contributed by atoms with Crippen LogP contribution in [0.1, 0.15) is 28.2 Å². The van der Waals surface area contributed by atoms with Gasteiger partial charge < -0.3 is 4.74 Å². The lowest BCUT2D eigenvalue weighted by Gasteiger charge is -2.16. The van der Waals surface area contributed by atoms with Gasteiger partial charge in [-0.25, -0.2) is 0 Å². The average Bonchev–Trinajstić information content (AvgIpc) is 2.25. The van der Waals surface area contributed by atoms with Crippen molar-refractivity contribution < 1.29 is 27.5 Å². The van der Waals surface area contributed by atoms with Crippen molar-refractivity contribution in [3.05, 3.63) is 29.3 Å². The first-order valence-corrected chi connectivity index (χ1v) is 5.18. The second kappa shape index (κ2) is 5.39. The molecular formula is C11H8ClF3O3. The molecule has 3 nitrogen and oxygen atoms in total. The molecule has 18 heavy (non-hydrogen) atoms. The molecule has 1 unspecified atom stereocenters. The van der Waals surface area contributed by atoms with Crippen molar-refractivity contribution in [2.24, 2.45) is 0 Å². The molecule has 0 radical (unpaired) electrons. The van der Waals surface area contributed by atoms with Gasteiger partial charge in [0.2, 0.25) is 0 Å². The lowest BCUT2D eigenvalue weighted by Crippen LogP contribution is -2.19. The van der Waals surface area contributed by atoms with Crippen molar-refractivity contribution in [2.75, 3.05) is 0 Å². The molecule has 1 atom stereocenters. The van der Waals surface area contributed by atoms with Gasteiger partial charge in [-0.05, 0) is 13.0 Å². The highest BCUT2D eigenvalue weighted by Crippen LogP contribution is 2.35. The van der Waals surface area contributed by atoms with Gasteiger partial charge in [0.25, 0.3) is 0 Å². The molecule has 0 saturated heterocycles. The van der Waals surface area contributed by atoms with Gasteiger partial charge in [-0.3, -0.25) is 9.59 Å². The third-order valence-electron chi connectivity index (χ3n) is 2.06. The highest BCUT2D eigenvalue weighted by molar-refractivity contribution is 6.31. The Balaban J connectivity index is 3.33. The first kappa shape index (κ1) is 14.5. The van der Waals surface area contributed by atoms with E-state index in [0.29, 0.717) is 6.29 Å². The summed E-state index contributed by atoms with van der Waals surface area (Å²) in [6.07, 6.45) is -4.61. The van der Waals surface area contributed by atoms with Crippen LogP contribution < -0.4 is 4.74 Å². The van der Waals surface area contributed by atoms with Gasteiger partial charge in [-0.15, -0.1) is 24.8 Å². The van der Waals surface area contributed by atoms with Crippen molar-refractivity contribution in [3.63, 3.8) is 0 Å². The van der Waals surface area contributed by atoms with E-state index in [-0.39, 0.29) is 11.1 Å². The first-order valence-electron chi connectivity index (χ1n) is 4.74. The van der Waals surface area contributed by atoms with Crippen molar-refractivity contribution in [3.8, 4) is 5.75 Å². The zero-order chi connectivity index (χ0) is 13.9. The SMILES string of the molecule is CC(=O)C(Cl)c1c(C=O)cccc1OC(F)(F)F. The van der Waals surface area contributed by atoms with E-state index in [2.05, 4.69) is 4.74 Å². The number of Topliss-reactive ketones (excluding diaryl/α,β-unsaturated/α-hetero) is 1. The van der Waals surface area contributed by atoms with E-state index >= 15 is 0 Å². The van der Waals surface area contributed by atoms with Crippen LogP contribution in [0.3, 0.4) is 0 Å². The molecule has 0 N–H and O–H groups in total. The Bertz CT molecular complexity index is 471. The maximum Gasteiger partial charge on any atom is 0.573 e. The topological polar surface area (TPSA) is 43.4 Å². The number of alkyl halides is 4. The summed E-state index contributed by atoms with van der Waals surface area (Å²) in [5.74, 6) is -1.24. The van der Waals surface area contributed by atoms with Crippen molar-refractivity contribution in [1.82, 2.24) is 0 Å². The monoisotopic (exact) mass is 280 g/mol. The van der Waals surface area contributed by atoms with Crippen LogP contribution in [-0.4, -0.2) is 18.4 Å². The highest BCUT2D eigenvalue weighted by atomic mass is 35.5. The van der Waals surface area contributed by atoms with Crippen LogP contribution in [0.25, 0.3) is 0 Å². The van der Waals surface area contributed by atoms with Crippen LogP contribution in [0.4, 0.5) is 13.2 Å². The van der Waals surface area contributed by atoms with Crippen LogP contribution in [-0.2, 0) is 4.79 Å². The molecule has 0 heterocycles. The second-order valence-electron chi connectivity index (χ2n) is 3.40. The number of ketones is 1. The van der Waals surface area contributed by atoms with Gasteiger partial charge in [0.15, 0.2) is 12.1 Å². The molecule has 1 aromatic rings. The van der Waals surface area contributed by atoms with Crippen LogP contribution in [0.15, 0.2) is 18.2 Å². The number of hydrogen-bond donors (Lipinski definition) is 0. The molecule has 98 valence electrons. The molecule has 0 aromatic heterocycles. The van der Waals surface area contributed by atoms with Crippen molar-refractivity contribution in [2.45, 2.75) is 18.7 Å². The number of rotatable bonds is 4. The number of carbonyl (C=O) groups excluding carboxylic acids is 2. The van der Waals surface area contributed by atoms with Crippen LogP contribution in [0, 0.1) is 0 Å². The fraction of sp³-hybridized carbons (Fsp3) is 0.273. The van der Waals surface area contributed by atoms with E-state index in [4.69, 9.17) is 11.6 Å². The first-order chi connectivity index (χ1) is 8.26. The largest absolute Gasteiger partial charge is 0.573 e. The molecular weight excluding hydrogens is 273 g/mol. The predicted octanol–water partition coefficient (Wildman–Crippen LogP) is 3.27. The lowest BCUT2D eigenvalue weighted by atomic mass is 10.0. The van der Waals surface area contributed by atoms with E-state index in [1.165, 1.54) is 12.1 Å². The van der Waals surface area contributed by atoms with E-state index < -0.39 is 23.3 Å². The highest BCUT2D eigenvalue weighted by Gasteiger charge is 2.34. The standard InChI is InChI=1S/C11H8ClF3O3/c1-6(17)10(12)9-7(5-16)3-2-4-8(9)18-11(13,14)15/h2-5,10H,1H3.